The highest BCUT2D eigenvalue weighted by Gasteiger charge is 2.17. The van der Waals surface area contributed by atoms with Gasteiger partial charge in [0.2, 0.25) is 0 Å². The van der Waals surface area contributed by atoms with Crippen molar-refractivity contribution in [3.05, 3.63) is 94.3 Å². The second-order valence-corrected chi connectivity index (χ2v) is 9.26. The lowest BCUT2D eigenvalue weighted by atomic mass is 9.84. The second-order valence-electron chi connectivity index (χ2n) is 8.32. The molecular formula is C28H25N3S. The summed E-state index contributed by atoms with van der Waals surface area (Å²) in [6.45, 7) is 0. The minimum Gasteiger partial charge on any atom is -0.240 e. The summed E-state index contributed by atoms with van der Waals surface area (Å²) in [5.74, 6) is 0.683. The number of aromatic nitrogens is 2. The van der Waals surface area contributed by atoms with Gasteiger partial charge in [-0.1, -0.05) is 67.8 Å². The quantitative estimate of drug-likeness (QED) is 0.301. The summed E-state index contributed by atoms with van der Waals surface area (Å²) < 4.78 is 1.90. The molecular weight excluding hydrogens is 410 g/mol. The van der Waals surface area contributed by atoms with Crippen molar-refractivity contribution in [2.75, 3.05) is 0 Å². The van der Waals surface area contributed by atoms with Crippen LogP contribution in [0, 0.1) is 11.3 Å². The van der Waals surface area contributed by atoms with Gasteiger partial charge in [0.25, 0.3) is 0 Å². The van der Waals surface area contributed by atoms with Gasteiger partial charge < -0.3 is 0 Å². The van der Waals surface area contributed by atoms with Crippen LogP contribution in [0.5, 0.6) is 0 Å². The molecule has 0 N–H and O–H groups in total. The number of hydrogen-bond donors (Lipinski definition) is 0. The summed E-state index contributed by atoms with van der Waals surface area (Å²) >= 11 is 1.58. The summed E-state index contributed by atoms with van der Waals surface area (Å²) in [6, 6.07) is 25.4. The smallest absolute Gasteiger partial charge is 0.101 e. The molecule has 1 saturated carbocycles. The van der Waals surface area contributed by atoms with Crippen molar-refractivity contribution in [1.82, 2.24) is 9.78 Å². The van der Waals surface area contributed by atoms with E-state index in [9.17, 15) is 5.26 Å². The fourth-order valence-electron chi connectivity index (χ4n) is 4.53. The molecule has 1 fully saturated rings. The van der Waals surface area contributed by atoms with Gasteiger partial charge in [0.05, 0.1) is 17.0 Å². The maximum atomic E-state index is 9.79. The molecule has 5 rings (SSSR count). The molecule has 2 aromatic carbocycles. The number of nitrogens with zero attached hydrogens (tertiary/aromatic N) is 3. The Hall–Kier alpha value is -3.42. The predicted octanol–water partition coefficient (Wildman–Crippen LogP) is 7.71. The molecule has 4 heteroatoms. The maximum Gasteiger partial charge on any atom is 0.101 e. The molecule has 0 amide bonds. The van der Waals surface area contributed by atoms with Crippen molar-refractivity contribution in [2.24, 2.45) is 0 Å². The Balaban J connectivity index is 1.56. The molecule has 0 radical (unpaired) electrons. The summed E-state index contributed by atoms with van der Waals surface area (Å²) in [6.07, 6.45) is 10.6. The van der Waals surface area contributed by atoms with Crippen LogP contribution in [0.3, 0.4) is 0 Å². The molecule has 32 heavy (non-hydrogen) atoms. The Morgan fingerprint density at radius 2 is 1.75 bits per heavy atom. The number of benzene rings is 2. The molecule has 0 saturated heterocycles. The first-order valence-corrected chi connectivity index (χ1v) is 12.1. The van der Waals surface area contributed by atoms with E-state index in [0.717, 1.165) is 27.4 Å². The molecule has 0 aliphatic heterocycles. The zero-order chi connectivity index (χ0) is 21.8. The Labute approximate surface area is 193 Å². The van der Waals surface area contributed by atoms with Crippen molar-refractivity contribution >= 4 is 23.0 Å². The molecule has 2 aromatic heterocycles. The Kier molecular flexibility index (Phi) is 6.00. The Bertz CT molecular complexity index is 1240. The van der Waals surface area contributed by atoms with Crippen LogP contribution in [0.1, 0.15) is 54.0 Å². The van der Waals surface area contributed by atoms with Gasteiger partial charge in [-0.2, -0.15) is 10.4 Å². The van der Waals surface area contributed by atoms with E-state index < -0.39 is 0 Å². The lowest BCUT2D eigenvalue weighted by Gasteiger charge is -2.22. The van der Waals surface area contributed by atoms with Crippen molar-refractivity contribution in [3.8, 4) is 23.0 Å². The van der Waals surface area contributed by atoms with Crippen LogP contribution in [0.25, 0.3) is 28.6 Å². The van der Waals surface area contributed by atoms with E-state index in [1.54, 1.807) is 11.3 Å². The number of thiophene rings is 1. The standard InChI is InChI=1S/C28H25N3S/c29-19-24(27-12-7-17-32-27)18-25-20-31(26-10-5-2-6-11-26)30-28(25)23-15-13-22(14-16-23)21-8-3-1-4-9-21/h2,5-7,10-18,20-21H,1,3-4,8-9H2. The second kappa shape index (κ2) is 9.38. The zero-order valence-corrected chi connectivity index (χ0v) is 18.8. The lowest BCUT2D eigenvalue weighted by Crippen LogP contribution is -2.04. The third-order valence-corrected chi connectivity index (χ3v) is 7.13. The van der Waals surface area contributed by atoms with Crippen molar-refractivity contribution in [1.29, 1.82) is 5.26 Å². The van der Waals surface area contributed by atoms with Crippen LogP contribution in [0.15, 0.2) is 78.3 Å². The topological polar surface area (TPSA) is 41.6 Å². The summed E-state index contributed by atoms with van der Waals surface area (Å²) in [4.78, 5) is 0.971. The first-order valence-electron chi connectivity index (χ1n) is 11.2. The van der Waals surface area contributed by atoms with Crippen LogP contribution >= 0.6 is 11.3 Å². The minimum absolute atomic E-state index is 0.660. The van der Waals surface area contributed by atoms with Gasteiger partial charge in [-0.15, -0.1) is 11.3 Å². The lowest BCUT2D eigenvalue weighted by molar-refractivity contribution is 0.443. The Morgan fingerprint density at radius 3 is 2.44 bits per heavy atom. The molecule has 0 atom stereocenters. The number of hydrogen-bond acceptors (Lipinski definition) is 3. The van der Waals surface area contributed by atoms with Crippen LogP contribution in [0.2, 0.25) is 0 Å². The average molecular weight is 436 g/mol. The maximum absolute atomic E-state index is 9.79. The fourth-order valence-corrected chi connectivity index (χ4v) is 5.22. The van der Waals surface area contributed by atoms with Crippen LogP contribution < -0.4 is 0 Å². The van der Waals surface area contributed by atoms with Crippen molar-refractivity contribution < 1.29 is 0 Å². The molecule has 1 aliphatic carbocycles. The van der Waals surface area contributed by atoms with Gasteiger partial charge >= 0.3 is 0 Å². The zero-order valence-electron chi connectivity index (χ0n) is 17.9. The molecule has 0 bridgehead atoms. The fraction of sp³-hybridized carbons (Fsp3) is 0.214. The van der Waals surface area contributed by atoms with Crippen LogP contribution in [-0.2, 0) is 0 Å². The highest BCUT2D eigenvalue weighted by Crippen LogP contribution is 2.34. The largest absolute Gasteiger partial charge is 0.240 e. The predicted molar refractivity (Wildman–Crippen MR) is 133 cm³/mol. The monoisotopic (exact) mass is 435 g/mol. The van der Waals surface area contributed by atoms with E-state index in [1.165, 1.54) is 37.7 Å². The third kappa shape index (κ3) is 4.30. The minimum atomic E-state index is 0.660. The molecule has 4 aromatic rings. The summed E-state index contributed by atoms with van der Waals surface area (Å²) in [7, 11) is 0. The molecule has 2 heterocycles. The number of allylic oxidation sites excluding steroid dienone is 1. The SMILES string of the molecule is N#CC(=Cc1cn(-c2ccccc2)nc1-c1ccc(C2CCCCC2)cc1)c1cccs1. The van der Waals surface area contributed by atoms with E-state index in [4.69, 9.17) is 5.10 Å². The molecule has 0 unspecified atom stereocenters. The van der Waals surface area contributed by atoms with Gasteiger partial charge in [-0.25, -0.2) is 4.68 Å². The van der Waals surface area contributed by atoms with E-state index in [1.807, 2.05) is 64.8 Å². The van der Waals surface area contributed by atoms with Gasteiger partial charge in [-0.3, -0.25) is 0 Å². The van der Waals surface area contributed by atoms with Gasteiger partial charge in [-0.05, 0) is 54.0 Å². The number of para-hydroxylation sites is 1. The van der Waals surface area contributed by atoms with E-state index in [2.05, 4.69) is 30.3 Å². The molecule has 3 nitrogen and oxygen atoms in total. The van der Waals surface area contributed by atoms with E-state index >= 15 is 0 Å². The third-order valence-electron chi connectivity index (χ3n) is 6.23. The van der Waals surface area contributed by atoms with Gasteiger partial charge in [0.15, 0.2) is 0 Å². The molecule has 0 spiro atoms. The normalized spacial score (nSPS) is 14.9. The van der Waals surface area contributed by atoms with E-state index in [0.29, 0.717) is 11.5 Å². The summed E-state index contributed by atoms with van der Waals surface area (Å²) in [5, 5.41) is 16.7. The van der Waals surface area contributed by atoms with Crippen molar-refractivity contribution in [2.45, 2.75) is 38.0 Å². The Morgan fingerprint density at radius 1 is 0.969 bits per heavy atom. The van der Waals surface area contributed by atoms with Crippen molar-refractivity contribution in [3.63, 3.8) is 0 Å². The van der Waals surface area contributed by atoms with Crippen LogP contribution in [0.4, 0.5) is 0 Å². The van der Waals surface area contributed by atoms with Crippen LogP contribution in [-0.4, -0.2) is 9.78 Å². The highest BCUT2D eigenvalue weighted by molar-refractivity contribution is 7.11. The van der Waals surface area contributed by atoms with E-state index in [-0.39, 0.29) is 0 Å². The molecule has 1 aliphatic rings. The number of rotatable bonds is 5. The first-order chi connectivity index (χ1) is 15.8. The first kappa shape index (κ1) is 20.5. The number of nitriles is 1. The van der Waals surface area contributed by atoms with Gasteiger partial charge in [0, 0.05) is 22.2 Å². The van der Waals surface area contributed by atoms with Gasteiger partial charge in [0.1, 0.15) is 6.07 Å². The molecule has 158 valence electrons. The average Bonchev–Trinajstić information content (AvgIpc) is 3.54. The highest BCUT2D eigenvalue weighted by atomic mass is 32.1. The summed E-state index contributed by atoms with van der Waals surface area (Å²) in [5.41, 5.74) is 6.02.